The van der Waals surface area contributed by atoms with E-state index in [0.29, 0.717) is 40.7 Å². The lowest BCUT2D eigenvalue weighted by molar-refractivity contribution is -0.146. The smallest absolute Gasteiger partial charge is 0.313 e. The van der Waals surface area contributed by atoms with Crippen molar-refractivity contribution in [3.8, 4) is 0 Å². The number of piperidine rings is 1. The summed E-state index contributed by atoms with van der Waals surface area (Å²) in [5.74, 6) is -0.106. The first kappa shape index (κ1) is 23.7. The summed E-state index contributed by atoms with van der Waals surface area (Å²) in [6.45, 7) is 4.72. The molecule has 6 rings (SSSR count). The number of carbonyl (C=O) groups is 2. The van der Waals surface area contributed by atoms with Crippen molar-refractivity contribution in [2.24, 2.45) is 5.92 Å². The van der Waals surface area contributed by atoms with Crippen molar-refractivity contribution in [2.45, 2.75) is 31.7 Å². The van der Waals surface area contributed by atoms with E-state index in [0.717, 1.165) is 41.7 Å². The van der Waals surface area contributed by atoms with Crippen LogP contribution in [0.4, 0.5) is 11.5 Å². The average molecular weight is 516 g/mol. The van der Waals surface area contributed by atoms with Crippen LogP contribution in [0.1, 0.15) is 42.3 Å². The Hall–Kier alpha value is -3.63. The third kappa shape index (κ3) is 4.40. The molecule has 3 aromatic heterocycles. The number of nitrogens with one attached hydrogen (secondary N) is 1. The molecule has 37 heavy (non-hydrogen) atoms. The second-order valence-corrected chi connectivity index (χ2v) is 11.3. The van der Waals surface area contributed by atoms with E-state index in [1.807, 2.05) is 0 Å². The Morgan fingerprint density at radius 3 is 2.76 bits per heavy atom. The normalized spacial score (nSPS) is 20.8. The number of rotatable bonds is 3. The molecule has 0 unspecified atom stereocenters. The van der Waals surface area contributed by atoms with Crippen LogP contribution in [0.15, 0.2) is 42.9 Å². The minimum absolute atomic E-state index is 0.177. The maximum absolute atomic E-state index is 13.5. The van der Waals surface area contributed by atoms with Gasteiger partial charge in [0.25, 0.3) is 0 Å². The predicted molar refractivity (Wildman–Crippen MR) is 145 cm³/mol. The standard InChI is InChI=1S/C27H29N7O2S/c1-15-3-5-22(16-4-6-23-20(9-16)32-26(37-23)17-13-33(2)14-17)34(12-15)27(36)25(35)31-21-11-29-10-19-18(21)7-8-30-24(19)28/h4,6-11,15,17,22H,3,5,12-14H2,1-2H3,(H2,28,30)(H,31,35)/t15-,22+/m0/s1. The number of hydrogen-bond donors (Lipinski definition) is 2. The Kier molecular flexibility index (Phi) is 6.00. The highest BCUT2D eigenvalue weighted by Crippen LogP contribution is 2.37. The van der Waals surface area contributed by atoms with Crippen LogP contribution in [-0.4, -0.2) is 63.2 Å². The van der Waals surface area contributed by atoms with Gasteiger partial charge in [-0.25, -0.2) is 9.97 Å². The Labute approximate surface area is 218 Å². The number of fused-ring (bicyclic) bond motifs is 2. The lowest BCUT2D eigenvalue weighted by Gasteiger charge is -2.38. The summed E-state index contributed by atoms with van der Waals surface area (Å²) in [4.78, 5) is 43.9. The fraction of sp³-hybridized carbons (Fsp3) is 0.370. The number of nitrogens with two attached hydrogens (primary N) is 1. The molecular formula is C27H29N7O2S. The number of thiazole rings is 1. The van der Waals surface area contributed by atoms with Crippen molar-refractivity contribution in [1.29, 1.82) is 0 Å². The van der Waals surface area contributed by atoms with Crippen molar-refractivity contribution in [3.63, 3.8) is 0 Å². The molecule has 3 N–H and O–H groups in total. The molecule has 2 aliphatic heterocycles. The van der Waals surface area contributed by atoms with E-state index in [1.165, 1.54) is 11.2 Å². The summed E-state index contributed by atoms with van der Waals surface area (Å²) in [7, 11) is 2.12. The van der Waals surface area contributed by atoms with Gasteiger partial charge in [0.1, 0.15) is 5.82 Å². The molecule has 0 radical (unpaired) electrons. The Morgan fingerprint density at radius 2 is 1.95 bits per heavy atom. The predicted octanol–water partition coefficient (Wildman–Crippen LogP) is 3.79. The molecule has 10 heteroatoms. The summed E-state index contributed by atoms with van der Waals surface area (Å²) in [5, 5.41) is 5.26. The zero-order valence-corrected chi connectivity index (χ0v) is 21.7. The molecule has 5 heterocycles. The van der Waals surface area contributed by atoms with Gasteiger partial charge in [0, 0.05) is 48.7 Å². The Bertz CT molecular complexity index is 1510. The highest BCUT2D eigenvalue weighted by molar-refractivity contribution is 7.18. The molecule has 2 atom stereocenters. The molecule has 4 aromatic rings. The maximum Gasteiger partial charge on any atom is 0.313 e. The number of pyridine rings is 2. The van der Waals surface area contributed by atoms with Gasteiger partial charge in [0.2, 0.25) is 0 Å². The minimum atomic E-state index is -0.685. The van der Waals surface area contributed by atoms with Gasteiger partial charge in [0.05, 0.1) is 33.2 Å². The van der Waals surface area contributed by atoms with Crippen molar-refractivity contribution in [3.05, 3.63) is 53.4 Å². The van der Waals surface area contributed by atoms with Crippen LogP contribution in [0.2, 0.25) is 0 Å². The van der Waals surface area contributed by atoms with Crippen LogP contribution in [0, 0.1) is 5.92 Å². The number of hydrogen-bond acceptors (Lipinski definition) is 8. The van der Waals surface area contributed by atoms with Gasteiger partial charge in [-0.2, -0.15) is 0 Å². The zero-order valence-electron chi connectivity index (χ0n) is 20.8. The SMILES string of the molecule is C[C@H]1CC[C@H](c2ccc3sc(C4CN(C)C4)nc3c2)N(C(=O)C(=O)Nc2cncc3c(N)nccc23)C1. The van der Waals surface area contributed by atoms with E-state index in [4.69, 9.17) is 10.7 Å². The first-order chi connectivity index (χ1) is 17.9. The second kappa shape index (κ2) is 9.35. The zero-order chi connectivity index (χ0) is 25.7. The molecule has 2 fully saturated rings. The molecule has 0 bridgehead atoms. The van der Waals surface area contributed by atoms with Gasteiger partial charge < -0.3 is 20.9 Å². The second-order valence-electron chi connectivity index (χ2n) is 10.3. The highest BCUT2D eigenvalue weighted by Gasteiger charge is 2.35. The summed E-state index contributed by atoms with van der Waals surface area (Å²) >= 11 is 1.75. The van der Waals surface area contributed by atoms with Crippen LogP contribution < -0.4 is 11.1 Å². The number of amides is 2. The van der Waals surface area contributed by atoms with Crippen LogP contribution >= 0.6 is 11.3 Å². The third-order valence-electron chi connectivity index (χ3n) is 7.47. The molecule has 2 aliphatic rings. The third-order valence-corrected chi connectivity index (χ3v) is 8.66. The quantitative estimate of drug-likeness (QED) is 0.399. The number of nitrogens with zero attached hydrogens (tertiary/aromatic N) is 5. The molecule has 1 aromatic carbocycles. The van der Waals surface area contributed by atoms with Crippen LogP contribution in [0.5, 0.6) is 0 Å². The first-order valence-corrected chi connectivity index (χ1v) is 13.4. The van der Waals surface area contributed by atoms with E-state index in [1.54, 1.807) is 34.7 Å². The van der Waals surface area contributed by atoms with E-state index in [9.17, 15) is 9.59 Å². The van der Waals surface area contributed by atoms with Crippen molar-refractivity contribution >= 4 is 55.6 Å². The van der Waals surface area contributed by atoms with Gasteiger partial charge in [-0.3, -0.25) is 14.6 Å². The number of likely N-dealkylation sites (N-methyl/N-ethyl adjacent to an activating group) is 1. The number of likely N-dealkylation sites (tertiary alicyclic amines) is 2. The lowest BCUT2D eigenvalue weighted by atomic mass is 9.89. The fourth-order valence-electron chi connectivity index (χ4n) is 5.44. The van der Waals surface area contributed by atoms with Gasteiger partial charge in [0.15, 0.2) is 0 Å². The number of benzene rings is 1. The Balaban J connectivity index is 1.26. The molecule has 0 spiro atoms. The lowest BCUT2D eigenvalue weighted by Crippen LogP contribution is -2.46. The summed E-state index contributed by atoms with van der Waals surface area (Å²) in [5.41, 5.74) is 8.38. The van der Waals surface area contributed by atoms with E-state index in [2.05, 4.69) is 52.4 Å². The molecule has 9 nitrogen and oxygen atoms in total. The number of nitrogen functional groups attached to an aromatic ring is 1. The molecule has 0 aliphatic carbocycles. The van der Waals surface area contributed by atoms with E-state index < -0.39 is 11.8 Å². The van der Waals surface area contributed by atoms with Gasteiger partial charge in [-0.15, -0.1) is 11.3 Å². The van der Waals surface area contributed by atoms with Crippen LogP contribution in [0.25, 0.3) is 21.0 Å². The summed E-state index contributed by atoms with van der Waals surface area (Å²) in [6.07, 6.45) is 6.48. The van der Waals surface area contributed by atoms with E-state index >= 15 is 0 Å². The highest BCUT2D eigenvalue weighted by atomic mass is 32.1. The number of carbonyl (C=O) groups excluding carboxylic acids is 2. The van der Waals surface area contributed by atoms with Crippen LogP contribution in [0.3, 0.4) is 0 Å². The average Bonchev–Trinajstić information content (AvgIpc) is 3.30. The largest absolute Gasteiger partial charge is 0.383 e. The van der Waals surface area contributed by atoms with Gasteiger partial charge in [-0.1, -0.05) is 13.0 Å². The van der Waals surface area contributed by atoms with Crippen molar-refractivity contribution in [1.82, 2.24) is 24.8 Å². The van der Waals surface area contributed by atoms with Crippen molar-refractivity contribution < 1.29 is 9.59 Å². The molecular weight excluding hydrogens is 486 g/mol. The number of anilines is 2. The van der Waals surface area contributed by atoms with Gasteiger partial charge in [-0.05, 0) is 49.6 Å². The molecule has 2 amide bonds. The summed E-state index contributed by atoms with van der Waals surface area (Å²) < 4.78 is 1.16. The first-order valence-electron chi connectivity index (χ1n) is 12.6. The van der Waals surface area contributed by atoms with Gasteiger partial charge >= 0.3 is 11.8 Å². The number of aromatic nitrogens is 3. The molecule has 2 saturated heterocycles. The monoisotopic (exact) mass is 515 g/mol. The maximum atomic E-state index is 13.5. The fourth-order valence-corrected chi connectivity index (χ4v) is 6.47. The molecule has 190 valence electrons. The van der Waals surface area contributed by atoms with E-state index in [-0.39, 0.29) is 6.04 Å². The van der Waals surface area contributed by atoms with Crippen molar-refractivity contribution in [2.75, 3.05) is 37.7 Å². The summed E-state index contributed by atoms with van der Waals surface area (Å²) in [6, 6.07) is 7.86. The topological polar surface area (TPSA) is 117 Å². The van der Waals surface area contributed by atoms with Crippen LogP contribution in [-0.2, 0) is 9.59 Å². The molecule has 0 saturated carbocycles. The minimum Gasteiger partial charge on any atom is -0.383 e. The Morgan fingerprint density at radius 1 is 1.11 bits per heavy atom.